The standard InChI is InChI=1S/C20H21BrO6/c1-23-12-26-16-11-17(27-13-24-2)20(21)15(9-10-18(22)25-3)19(16)14-7-5-4-6-8-14/h4-11H,12-13H2,1-3H3/b10-9+. The predicted molar refractivity (Wildman–Crippen MR) is 106 cm³/mol. The number of rotatable bonds is 9. The molecule has 0 aliphatic carbocycles. The Kier molecular flexibility index (Phi) is 8.32. The number of hydrogen-bond donors (Lipinski definition) is 0. The molecule has 0 aliphatic heterocycles. The van der Waals surface area contributed by atoms with Gasteiger partial charge in [0.1, 0.15) is 11.5 Å². The Balaban J connectivity index is 2.68. The Morgan fingerprint density at radius 2 is 1.63 bits per heavy atom. The van der Waals surface area contributed by atoms with E-state index in [1.807, 2.05) is 30.3 Å². The van der Waals surface area contributed by atoms with Crippen LogP contribution >= 0.6 is 15.9 Å². The first kappa shape index (κ1) is 21.0. The molecule has 0 N–H and O–H groups in total. The highest BCUT2D eigenvalue weighted by molar-refractivity contribution is 9.10. The van der Waals surface area contributed by atoms with Gasteiger partial charge in [0.2, 0.25) is 0 Å². The van der Waals surface area contributed by atoms with Crippen LogP contribution in [-0.4, -0.2) is 40.9 Å². The molecule has 0 aromatic heterocycles. The molecule has 27 heavy (non-hydrogen) atoms. The van der Waals surface area contributed by atoms with Gasteiger partial charge in [-0.15, -0.1) is 0 Å². The highest BCUT2D eigenvalue weighted by Gasteiger charge is 2.19. The largest absolute Gasteiger partial charge is 0.467 e. The Morgan fingerprint density at radius 3 is 2.22 bits per heavy atom. The van der Waals surface area contributed by atoms with Gasteiger partial charge >= 0.3 is 5.97 Å². The molecule has 0 saturated heterocycles. The highest BCUT2D eigenvalue weighted by Crippen LogP contribution is 2.44. The van der Waals surface area contributed by atoms with Crippen molar-refractivity contribution in [3.8, 4) is 22.6 Å². The van der Waals surface area contributed by atoms with E-state index in [0.717, 1.165) is 11.1 Å². The Labute approximate surface area is 166 Å². The van der Waals surface area contributed by atoms with Crippen LogP contribution in [0.2, 0.25) is 0 Å². The monoisotopic (exact) mass is 436 g/mol. The third-order valence-electron chi connectivity index (χ3n) is 3.55. The van der Waals surface area contributed by atoms with Crippen LogP contribution in [0.25, 0.3) is 17.2 Å². The summed E-state index contributed by atoms with van der Waals surface area (Å²) in [4.78, 5) is 11.6. The topological polar surface area (TPSA) is 63.2 Å². The number of esters is 1. The van der Waals surface area contributed by atoms with Crippen molar-refractivity contribution in [2.45, 2.75) is 0 Å². The lowest BCUT2D eigenvalue weighted by molar-refractivity contribution is -0.134. The number of ether oxygens (including phenoxy) is 5. The minimum Gasteiger partial charge on any atom is -0.467 e. The van der Waals surface area contributed by atoms with Crippen LogP contribution in [0.4, 0.5) is 0 Å². The first-order valence-electron chi connectivity index (χ1n) is 8.03. The number of methoxy groups -OCH3 is 3. The molecule has 2 rings (SSSR count). The van der Waals surface area contributed by atoms with Gasteiger partial charge in [-0.25, -0.2) is 4.79 Å². The number of hydrogen-bond acceptors (Lipinski definition) is 6. The fourth-order valence-corrected chi connectivity index (χ4v) is 2.93. The van der Waals surface area contributed by atoms with Crippen molar-refractivity contribution in [1.29, 1.82) is 0 Å². The molecule has 0 bridgehead atoms. The third-order valence-corrected chi connectivity index (χ3v) is 4.36. The third kappa shape index (κ3) is 5.56. The molecule has 0 aliphatic rings. The van der Waals surface area contributed by atoms with Crippen molar-refractivity contribution < 1.29 is 28.5 Å². The lowest BCUT2D eigenvalue weighted by Crippen LogP contribution is -2.05. The van der Waals surface area contributed by atoms with Gasteiger partial charge in [-0.05, 0) is 27.6 Å². The molecule has 2 aromatic carbocycles. The van der Waals surface area contributed by atoms with Crippen molar-refractivity contribution in [3.63, 3.8) is 0 Å². The van der Waals surface area contributed by atoms with Crippen LogP contribution in [0.15, 0.2) is 46.9 Å². The van der Waals surface area contributed by atoms with E-state index < -0.39 is 5.97 Å². The zero-order valence-electron chi connectivity index (χ0n) is 15.4. The maximum atomic E-state index is 11.6. The summed E-state index contributed by atoms with van der Waals surface area (Å²) >= 11 is 3.56. The van der Waals surface area contributed by atoms with Gasteiger partial charge < -0.3 is 23.7 Å². The van der Waals surface area contributed by atoms with Gasteiger partial charge in [-0.3, -0.25) is 0 Å². The Hall–Kier alpha value is -2.35. The molecule has 0 amide bonds. The number of carbonyl (C=O) groups is 1. The van der Waals surface area contributed by atoms with E-state index >= 15 is 0 Å². The van der Waals surface area contributed by atoms with Crippen LogP contribution in [0.3, 0.4) is 0 Å². The summed E-state index contributed by atoms with van der Waals surface area (Å²) in [7, 11) is 4.40. The van der Waals surface area contributed by atoms with Crippen molar-refractivity contribution in [2.75, 3.05) is 34.9 Å². The molecule has 0 fully saturated rings. The van der Waals surface area contributed by atoms with E-state index in [1.165, 1.54) is 20.3 Å². The minimum absolute atomic E-state index is 0.0609. The second kappa shape index (κ2) is 10.7. The predicted octanol–water partition coefficient (Wildman–Crippen LogP) is 4.27. The molecular weight excluding hydrogens is 416 g/mol. The summed E-state index contributed by atoms with van der Waals surface area (Å²) in [6.45, 7) is 0.124. The van der Waals surface area contributed by atoms with Gasteiger partial charge in [0.25, 0.3) is 0 Å². The average Bonchev–Trinajstić information content (AvgIpc) is 2.70. The molecule has 0 spiro atoms. The number of halogens is 1. The van der Waals surface area contributed by atoms with Gasteiger partial charge in [0.05, 0.1) is 11.6 Å². The van der Waals surface area contributed by atoms with Gasteiger partial charge in [-0.1, -0.05) is 30.3 Å². The molecule has 2 aromatic rings. The summed E-state index contributed by atoms with van der Waals surface area (Å²) in [5, 5.41) is 0. The molecule has 0 saturated carbocycles. The summed E-state index contributed by atoms with van der Waals surface area (Å²) in [6, 6.07) is 11.4. The van der Waals surface area contributed by atoms with Gasteiger partial charge in [-0.2, -0.15) is 0 Å². The molecular formula is C20H21BrO6. The summed E-state index contributed by atoms with van der Waals surface area (Å²) in [5.74, 6) is 0.581. The van der Waals surface area contributed by atoms with E-state index in [2.05, 4.69) is 15.9 Å². The SMILES string of the molecule is COCOc1cc(OCOC)c(-c2ccccc2)c(/C=C/C(=O)OC)c1Br. The molecule has 0 atom stereocenters. The summed E-state index contributed by atoms with van der Waals surface area (Å²) in [5.41, 5.74) is 2.39. The van der Waals surface area contributed by atoms with Crippen molar-refractivity contribution in [1.82, 2.24) is 0 Å². The molecule has 7 heteroatoms. The van der Waals surface area contributed by atoms with Gasteiger partial charge in [0.15, 0.2) is 13.6 Å². The highest BCUT2D eigenvalue weighted by atomic mass is 79.9. The van der Waals surface area contributed by atoms with Crippen LogP contribution in [0, 0.1) is 0 Å². The van der Waals surface area contributed by atoms with Crippen LogP contribution in [0.1, 0.15) is 5.56 Å². The first-order valence-corrected chi connectivity index (χ1v) is 8.83. The summed E-state index contributed by atoms with van der Waals surface area (Å²) in [6.07, 6.45) is 2.99. The lowest BCUT2D eigenvalue weighted by Gasteiger charge is -2.18. The average molecular weight is 437 g/mol. The normalized spacial score (nSPS) is 10.8. The second-order valence-electron chi connectivity index (χ2n) is 5.30. The minimum atomic E-state index is -0.469. The van der Waals surface area contributed by atoms with Crippen LogP contribution in [-0.2, 0) is 19.0 Å². The van der Waals surface area contributed by atoms with E-state index in [0.29, 0.717) is 21.5 Å². The van der Waals surface area contributed by atoms with Gasteiger partial charge in [0, 0.05) is 37.5 Å². The quantitative estimate of drug-likeness (QED) is 0.332. The molecule has 0 radical (unpaired) electrons. The summed E-state index contributed by atoms with van der Waals surface area (Å²) < 4.78 is 26.8. The maximum absolute atomic E-state index is 11.6. The van der Waals surface area contributed by atoms with Crippen LogP contribution in [0.5, 0.6) is 11.5 Å². The first-order chi connectivity index (χ1) is 13.1. The Morgan fingerprint density at radius 1 is 1.00 bits per heavy atom. The van der Waals surface area contributed by atoms with Crippen molar-refractivity contribution in [2.24, 2.45) is 0 Å². The Bertz CT molecular complexity index is 789. The zero-order chi connectivity index (χ0) is 19.6. The second-order valence-corrected chi connectivity index (χ2v) is 6.09. The fourth-order valence-electron chi connectivity index (χ4n) is 2.37. The van der Waals surface area contributed by atoms with Crippen molar-refractivity contribution >= 4 is 28.0 Å². The maximum Gasteiger partial charge on any atom is 0.330 e. The molecule has 144 valence electrons. The van der Waals surface area contributed by atoms with Crippen molar-refractivity contribution in [3.05, 3.63) is 52.5 Å². The number of carbonyl (C=O) groups excluding carboxylic acids is 1. The molecule has 0 unspecified atom stereocenters. The zero-order valence-corrected chi connectivity index (χ0v) is 16.9. The van der Waals surface area contributed by atoms with E-state index in [-0.39, 0.29) is 13.6 Å². The van der Waals surface area contributed by atoms with Crippen LogP contribution < -0.4 is 9.47 Å². The smallest absolute Gasteiger partial charge is 0.330 e. The molecule has 6 nitrogen and oxygen atoms in total. The van der Waals surface area contributed by atoms with E-state index in [1.54, 1.807) is 19.3 Å². The lowest BCUT2D eigenvalue weighted by atomic mass is 9.97. The van der Waals surface area contributed by atoms with E-state index in [9.17, 15) is 4.79 Å². The number of benzene rings is 2. The fraction of sp³-hybridized carbons (Fsp3) is 0.250. The van der Waals surface area contributed by atoms with E-state index in [4.69, 9.17) is 23.7 Å². The molecule has 0 heterocycles.